The number of carbonyl (C=O) groups excluding carboxylic acids is 1. The van der Waals surface area contributed by atoms with E-state index in [-0.39, 0.29) is 6.54 Å². The SMILES string of the molecule is COc1ccc(NC(=O)Cn2ccc(C(F)(F)F)n2)cc1Cc1ccccc1. The van der Waals surface area contributed by atoms with Gasteiger partial charge in [-0.15, -0.1) is 0 Å². The fourth-order valence-corrected chi connectivity index (χ4v) is 2.76. The van der Waals surface area contributed by atoms with Gasteiger partial charge in [-0.3, -0.25) is 9.48 Å². The minimum absolute atomic E-state index is 0.323. The number of aromatic nitrogens is 2. The van der Waals surface area contributed by atoms with Gasteiger partial charge < -0.3 is 10.1 Å². The maximum absolute atomic E-state index is 12.6. The highest BCUT2D eigenvalue weighted by atomic mass is 19.4. The third kappa shape index (κ3) is 4.91. The summed E-state index contributed by atoms with van der Waals surface area (Å²) in [6.07, 6.45) is -2.80. The minimum Gasteiger partial charge on any atom is -0.496 e. The summed E-state index contributed by atoms with van der Waals surface area (Å²) < 4.78 is 44.1. The first-order valence-electron chi connectivity index (χ1n) is 8.46. The zero-order valence-corrected chi connectivity index (χ0v) is 15.0. The zero-order valence-electron chi connectivity index (χ0n) is 15.0. The molecule has 1 N–H and O–H groups in total. The molecule has 0 fully saturated rings. The third-order valence-electron chi connectivity index (χ3n) is 4.04. The second kappa shape index (κ2) is 8.16. The van der Waals surface area contributed by atoms with E-state index in [0.717, 1.165) is 28.1 Å². The van der Waals surface area contributed by atoms with Crippen molar-refractivity contribution in [3.8, 4) is 5.75 Å². The molecule has 0 aliphatic rings. The molecule has 0 radical (unpaired) electrons. The number of ether oxygens (including phenoxy) is 1. The van der Waals surface area contributed by atoms with Crippen molar-refractivity contribution in [2.45, 2.75) is 19.1 Å². The van der Waals surface area contributed by atoms with Crippen molar-refractivity contribution in [3.63, 3.8) is 0 Å². The van der Waals surface area contributed by atoms with E-state index in [4.69, 9.17) is 4.74 Å². The van der Waals surface area contributed by atoms with Gasteiger partial charge in [0.25, 0.3) is 0 Å². The van der Waals surface area contributed by atoms with Gasteiger partial charge in [-0.25, -0.2) is 0 Å². The molecule has 2 aromatic carbocycles. The molecule has 0 unspecified atom stereocenters. The lowest BCUT2D eigenvalue weighted by Crippen LogP contribution is -2.20. The van der Waals surface area contributed by atoms with Crippen LogP contribution in [-0.4, -0.2) is 22.8 Å². The number of methoxy groups -OCH3 is 1. The molecular formula is C20H18F3N3O2. The quantitative estimate of drug-likeness (QED) is 0.689. The third-order valence-corrected chi connectivity index (χ3v) is 4.04. The first-order valence-corrected chi connectivity index (χ1v) is 8.46. The molecule has 0 saturated heterocycles. The molecule has 0 spiro atoms. The van der Waals surface area contributed by atoms with Crippen molar-refractivity contribution >= 4 is 11.6 Å². The van der Waals surface area contributed by atoms with Crippen LogP contribution in [-0.2, 0) is 23.9 Å². The summed E-state index contributed by atoms with van der Waals surface area (Å²) in [5.41, 5.74) is 1.46. The number of halogens is 3. The number of anilines is 1. The van der Waals surface area contributed by atoms with Crippen LogP contribution in [0.15, 0.2) is 60.8 Å². The standard InChI is InChI=1S/C20H18F3N3O2/c1-28-17-8-7-16(12-15(17)11-14-5-3-2-4-6-14)24-19(27)13-26-10-9-18(25-26)20(21,22)23/h2-10,12H,11,13H2,1H3,(H,24,27). The van der Waals surface area contributed by atoms with Crippen molar-refractivity contribution in [2.75, 3.05) is 12.4 Å². The van der Waals surface area contributed by atoms with E-state index < -0.39 is 17.8 Å². The maximum atomic E-state index is 12.6. The summed E-state index contributed by atoms with van der Waals surface area (Å²) in [4.78, 5) is 12.2. The van der Waals surface area contributed by atoms with Crippen LogP contribution in [0.3, 0.4) is 0 Å². The van der Waals surface area contributed by atoms with Crippen LogP contribution in [0.5, 0.6) is 5.75 Å². The molecule has 0 atom stereocenters. The minimum atomic E-state index is -4.54. The van der Waals surface area contributed by atoms with Gasteiger partial charge in [0.05, 0.1) is 7.11 Å². The first kappa shape index (κ1) is 19.5. The highest BCUT2D eigenvalue weighted by Crippen LogP contribution is 2.27. The number of alkyl halides is 3. The van der Waals surface area contributed by atoms with Gasteiger partial charge in [-0.2, -0.15) is 18.3 Å². The van der Waals surface area contributed by atoms with Crippen LogP contribution in [0.4, 0.5) is 18.9 Å². The van der Waals surface area contributed by atoms with E-state index in [1.807, 2.05) is 30.3 Å². The van der Waals surface area contributed by atoms with Crippen molar-refractivity contribution in [3.05, 3.63) is 77.6 Å². The van der Waals surface area contributed by atoms with Crippen LogP contribution < -0.4 is 10.1 Å². The van der Waals surface area contributed by atoms with E-state index >= 15 is 0 Å². The molecule has 28 heavy (non-hydrogen) atoms. The lowest BCUT2D eigenvalue weighted by Gasteiger charge is -2.12. The predicted molar refractivity (Wildman–Crippen MR) is 98.1 cm³/mol. The largest absolute Gasteiger partial charge is 0.496 e. The second-order valence-electron chi connectivity index (χ2n) is 6.13. The van der Waals surface area contributed by atoms with Gasteiger partial charge in [0, 0.05) is 23.9 Å². The van der Waals surface area contributed by atoms with E-state index in [9.17, 15) is 18.0 Å². The summed E-state index contributed by atoms with van der Waals surface area (Å²) in [5, 5.41) is 6.05. The second-order valence-corrected chi connectivity index (χ2v) is 6.13. The Labute approximate surface area is 159 Å². The molecule has 8 heteroatoms. The number of hydrogen-bond acceptors (Lipinski definition) is 3. The van der Waals surface area contributed by atoms with E-state index in [1.54, 1.807) is 25.3 Å². The Bertz CT molecular complexity index is 953. The smallest absolute Gasteiger partial charge is 0.435 e. The molecule has 0 saturated carbocycles. The molecular weight excluding hydrogens is 371 g/mol. The molecule has 0 aliphatic carbocycles. The summed E-state index contributed by atoms with van der Waals surface area (Å²) >= 11 is 0. The predicted octanol–water partition coefficient (Wildman–Crippen LogP) is 4.14. The van der Waals surface area contributed by atoms with E-state index in [1.165, 1.54) is 0 Å². The van der Waals surface area contributed by atoms with Crippen LogP contribution in [0.1, 0.15) is 16.8 Å². The van der Waals surface area contributed by atoms with Gasteiger partial charge in [0.2, 0.25) is 5.91 Å². The molecule has 146 valence electrons. The fraction of sp³-hybridized carbons (Fsp3) is 0.200. The number of carbonyl (C=O) groups is 1. The maximum Gasteiger partial charge on any atom is 0.435 e. The number of nitrogens with one attached hydrogen (secondary N) is 1. The Morgan fingerprint density at radius 3 is 2.54 bits per heavy atom. The van der Waals surface area contributed by atoms with Crippen molar-refractivity contribution in [1.82, 2.24) is 9.78 Å². The van der Waals surface area contributed by atoms with Gasteiger partial charge in [-0.05, 0) is 29.8 Å². The van der Waals surface area contributed by atoms with Crippen molar-refractivity contribution in [2.24, 2.45) is 0 Å². The molecule has 1 heterocycles. The van der Waals surface area contributed by atoms with Gasteiger partial charge >= 0.3 is 6.18 Å². The molecule has 3 aromatic rings. The number of nitrogens with zero attached hydrogens (tertiary/aromatic N) is 2. The zero-order chi connectivity index (χ0) is 20.1. The topological polar surface area (TPSA) is 56.1 Å². The number of benzene rings is 2. The molecule has 0 bridgehead atoms. The number of hydrogen-bond donors (Lipinski definition) is 1. The average Bonchev–Trinajstić information content (AvgIpc) is 3.11. The summed E-state index contributed by atoms with van der Waals surface area (Å²) in [6.45, 7) is -0.323. The van der Waals surface area contributed by atoms with Gasteiger partial charge in [0.15, 0.2) is 5.69 Å². The summed E-state index contributed by atoms with van der Waals surface area (Å²) in [7, 11) is 1.57. The number of rotatable bonds is 6. The highest BCUT2D eigenvalue weighted by molar-refractivity contribution is 5.90. The van der Waals surface area contributed by atoms with Crippen LogP contribution in [0.25, 0.3) is 0 Å². The van der Waals surface area contributed by atoms with Crippen molar-refractivity contribution < 1.29 is 22.7 Å². The Hall–Kier alpha value is -3.29. The molecule has 3 rings (SSSR count). The Morgan fingerprint density at radius 2 is 1.89 bits per heavy atom. The lowest BCUT2D eigenvalue weighted by atomic mass is 10.0. The van der Waals surface area contributed by atoms with Crippen LogP contribution in [0.2, 0.25) is 0 Å². The van der Waals surface area contributed by atoms with Gasteiger partial charge in [0.1, 0.15) is 12.3 Å². The molecule has 1 aromatic heterocycles. The Kier molecular flexibility index (Phi) is 5.67. The average molecular weight is 389 g/mol. The van der Waals surface area contributed by atoms with Gasteiger partial charge in [-0.1, -0.05) is 30.3 Å². The lowest BCUT2D eigenvalue weighted by molar-refractivity contribution is -0.141. The number of amides is 1. The first-order chi connectivity index (χ1) is 13.3. The van der Waals surface area contributed by atoms with Crippen LogP contribution in [0, 0.1) is 0 Å². The Morgan fingerprint density at radius 1 is 1.14 bits per heavy atom. The molecule has 0 aliphatic heterocycles. The van der Waals surface area contributed by atoms with Crippen molar-refractivity contribution in [1.29, 1.82) is 0 Å². The van der Waals surface area contributed by atoms with Crippen LogP contribution >= 0.6 is 0 Å². The van der Waals surface area contributed by atoms with E-state index in [0.29, 0.717) is 17.9 Å². The monoisotopic (exact) mass is 389 g/mol. The summed E-state index contributed by atoms with van der Waals surface area (Å²) in [6, 6.07) is 15.8. The normalized spacial score (nSPS) is 11.3. The molecule has 5 nitrogen and oxygen atoms in total. The fourth-order valence-electron chi connectivity index (χ4n) is 2.76. The van der Waals surface area contributed by atoms with E-state index in [2.05, 4.69) is 10.4 Å². The highest BCUT2D eigenvalue weighted by Gasteiger charge is 2.33. The molecule has 1 amide bonds. The Balaban J connectivity index is 1.70. The summed E-state index contributed by atoms with van der Waals surface area (Å²) in [5.74, 6) is 0.205.